The fourth-order valence-electron chi connectivity index (χ4n) is 3.35. The van der Waals surface area contributed by atoms with E-state index in [9.17, 15) is 4.79 Å². The van der Waals surface area contributed by atoms with Crippen LogP contribution in [0.15, 0.2) is 66.0 Å². The van der Waals surface area contributed by atoms with Crippen LogP contribution in [-0.2, 0) is 11.3 Å². The van der Waals surface area contributed by atoms with Crippen LogP contribution in [0.25, 0.3) is 0 Å². The molecule has 6 heteroatoms. The number of anilines is 2. The molecule has 2 aromatic carbocycles. The van der Waals surface area contributed by atoms with Gasteiger partial charge in [-0.15, -0.1) is 11.3 Å². The number of hydrogen-bond donors (Lipinski definition) is 2. The highest BCUT2D eigenvalue weighted by molar-refractivity contribution is 7.13. The van der Waals surface area contributed by atoms with Gasteiger partial charge in [0.15, 0.2) is 5.13 Å². The van der Waals surface area contributed by atoms with E-state index in [2.05, 4.69) is 33.0 Å². The monoisotopic (exact) mass is 378 g/mol. The molecule has 1 amide bonds. The van der Waals surface area contributed by atoms with Crippen molar-refractivity contribution < 1.29 is 4.79 Å². The number of aromatic nitrogens is 1. The standard InChI is InChI=1S/C21H22N4OS/c26-20-13-19(16-7-3-1-4-8-16)25(12-11-22-20)14-18-15-27-21(24-18)23-17-9-5-2-6-10-17/h1-10,15,19H,11-14H2,(H,22,26)(H,23,24)/t19-/m0/s1. The van der Waals surface area contributed by atoms with Crippen LogP contribution in [-0.4, -0.2) is 28.9 Å². The van der Waals surface area contributed by atoms with Crippen LogP contribution in [0.2, 0.25) is 0 Å². The Balaban J connectivity index is 1.50. The zero-order valence-corrected chi connectivity index (χ0v) is 15.8. The molecule has 5 nitrogen and oxygen atoms in total. The number of nitrogens with one attached hydrogen (secondary N) is 2. The summed E-state index contributed by atoms with van der Waals surface area (Å²) in [5.41, 5.74) is 3.23. The zero-order chi connectivity index (χ0) is 18.5. The lowest BCUT2D eigenvalue weighted by Gasteiger charge is -2.28. The average Bonchev–Trinajstić information content (AvgIpc) is 3.05. The van der Waals surface area contributed by atoms with E-state index in [1.807, 2.05) is 48.5 Å². The molecule has 3 aromatic rings. The predicted octanol–water partition coefficient (Wildman–Crippen LogP) is 3.95. The molecule has 0 radical (unpaired) electrons. The summed E-state index contributed by atoms with van der Waals surface area (Å²) in [5, 5.41) is 9.31. The lowest BCUT2D eigenvalue weighted by molar-refractivity contribution is -0.121. The molecule has 2 heterocycles. The maximum absolute atomic E-state index is 12.1. The highest BCUT2D eigenvalue weighted by Crippen LogP contribution is 2.28. The average molecular weight is 379 g/mol. The number of benzene rings is 2. The van der Waals surface area contributed by atoms with Crippen molar-refractivity contribution >= 4 is 28.1 Å². The van der Waals surface area contributed by atoms with Crippen LogP contribution in [0.1, 0.15) is 23.7 Å². The third-order valence-electron chi connectivity index (χ3n) is 4.67. The van der Waals surface area contributed by atoms with Gasteiger partial charge in [-0.05, 0) is 17.7 Å². The first-order chi connectivity index (χ1) is 13.3. The Labute approximate surface area is 163 Å². The van der Waals surface area contributed by atoms with Gasteiger partial charge in [-0.3, -0.25) is 9.69 Å². The molecule has 0 spiro atoms. The molecule has 1 saturated heterocycles. The summed E-state index contributed by atoms with van der Waals surface area (Å²) in [6.07, 6.45) is 0.475. The minimum atomic E-state index is 0.0703. The molecule has 1 aliphatic rings. The summed E-state index contributed by atoms with van der Waals surface area (Å²) in [6, 6.07) is 20.4. The molecule has 0 bridgehead atoms. The summed E-state index contributed by atoms with van der Waals surface area (Å²) < 4.78 is 0. The van der Waals surface area contributed by atoms with Crippen LogP contribution in [0.3, 0.4) is 0 Å². The molecule has 0 saturated carbocycles. The van der Waals surface area contributed by atoms with Gasteiger partial charge in [-0.25, -0.2) is 4.98 Å². The van der Waals surface area contributed by atoms with E-state index in [1.54, 1.807) is 11.3 Å². The number of para-hydroxylation sites is 1. The third kappa shape index (κ3) is 4.53. The molecule has 1 atom stereocenters. The summed E-state index contributed by atoms with van der Waals surface area (Å²) >= 11 is 1.60. The number of thiazole rings is 1. The second kappa shape index (κ2) is 8.33. The van der Waals surface area contributed by atoms with Gasteiger partial charge in [0.2, 0.25) is 5.91 Å². The van der Waals surface area contributed by atoms with Crippen LogP contribution in [0, 0.1) is 0 Å². The first kappa shape index (κ1) is 17.7. The normalized spacial score (nSPS) is 17.9. The van der Waals surface area contributed by atoms with E-state index in [0.29, 0.717) is 13.0 Å². The number of nitrogens with zero attached hydrogens (tertiary/aromatic N) is 2. The second-order valence-corrected chi connectivity index (χ2v) is 7.44. The van der Waals surface area contributed by atoms with Crippen molar-refractivity contribution in [2.45, 2.75) is 19.0 Å². The Morgan fingerprint density at radius 2 is 1.85 bits per heavy atom. The molecule has 138 valence electrons. The Bertz CT molecular complexity index is 881. The van der Waals surface area contributed by atoms with Gasteiger partial charge in [-0.2, -0.15) is 0 Å². The predicted molar refractivity (Wildman–Crippen MR) is 109 cm³/mol. The number of rotatable bonds is 5. The Morgan fingerprint density at radius 3 is 2.63 bits per heavy atom. The lowest BCUT2D eigenvalue weighted by atomic mass is 10.0. The van der Waals surface area contributed by atoms with Crippen molar-refractivity contribution in [1.82, 2.24) is 15.2 Å². The molecule has 1 fully saturated rings. The molecule has 27 heavy (non-hydrogen) atoms. The topological polar surface area (TPSA) is 57.3 Å². The van der Waals surface area contributed by atoms with E-state index in [0.717, 1.165) is 29.6 Å². The molecule has 4 rings (SSSR count). The molecule has 0 unspecified atom stereocenters. The van der Waals surface area contributed by atoms with Crippen molar-refractivity contribution in [2.24, 2.45) is 0 Å². The number of amides is 1. The fraction of sp³-hybridized carbons (Fsp3) is 0.238. The Kier molecular flexibility index (Phi) is 5.46. The highest BCUT2D eigenvalue weighted by Gasteiger charge is 2.26. The zero-order valence-electron chi connectivity index (χ0n) is 15.0. The fourth-order valence-corrected chi connectivity index (χ4v) is 4.08. The Hall–Kier alpha value is -2.70. The lowest BCUT2D eigenvalue weighted by Crippen LogP contribution is -2.30. The summed E-state index contributed by atoms with van der Waals surface area (Å²) in [5.74, 6) is 0.107. The second-order valence-electron chi connectivity index (χ2n) is 6.59. The van der Waals surface area contributed by atoms with Gasteiger partial charge >= 0.3 is 0 Å². The van der Waals surface area contributed by atoms with Crippen molar-refractivity contribution in [3.05, 3.63) is 77.3 Å². The summed E-state index contributed by atoms with van der Waals surface area (Å²) in [7, 11) is 0. The minimum Gasteiger partial charge on any atom is -0.355 e. The molecule has 1 aromatic heterocycles. The van der Waals surface area contributed by atoms with Gasteiger partial charge in [-0.1, -0.05) is 48.5 Å². The van der Waals surface area contributed by atoms with Crippen molar-refractivity contribution in [3.8, 4) is 0 Å². The van der Waals surface area contributed by atoms with Gasteiger partial charge in [0.1, 0.15) is 0 Å². The smallest absolute Gasteiger partial charge is 0.221 e. The van der Waals surface area contributed by atoms with E-state index in [1.165, 1.54) is 5.56 Å². The number of carbonyl (C=O) groups excluding carboxylic acids is 1. The first-order valence-corrected chi connectivity index (χ1v) is 9.98. The van der Waals surface area contributed by atoms with Crippen LogP contribution < -0.4 is 10.6 Å². The van der Waals surface area contributed by atoms with Gasteiger partial charge < -0.3 is 10.6 Å². The first-order valence-electron chi connectivity index (χ1n) is 9.10. The minimum absolute atomic E-state index is 0.0703. The third-order valence-corrected chi connectivity index (χ3v) is 5.47. The number of carbonyl (C=O) groups is 1. The molecule has 1 aliphatic heterocycles. The van der Waals surface area contributed by atoms with E-state index in [-0.39, 0.29) is 11.9 Å². The van der Waals surface area contributed by atoms with Gasteiger partial charge in [0.25, 0.3) is 0 Å². The maximum Gasteiger partial charge on any atom is 0.221 e. The molecular weight excluding hydrogens is 356 g/mol. The van der Waals surface area contributed by atoms with E-state index in [4.69, 9.17) is 4.98 Å². The van der Waals surface area contributed by atoms with E-state index < -0.39 is 0 Å². The maximum atomic E-state index is 12.1. The summed E-state index contributed by atoms with van der Waals surface area (Å²) in [6.45, 7) is 2.20. The molecule has 2 N–H and O–H groups in total. The van der Waals surface area contributed by atoms with Gasteiger partial charge in [0.05, 0.1) is 5.69 Å². The SMILES string of the molecule is O=C1C[C@@H](c2ccccc2)N(Cc2csc(Nc3ccccc3)n2)CCN1. The van der Waals surface area contributed by atoms with E-state index >= 15 is 0 Å². The Morgan fingerprint density at radius 1 is 1.11 bits per heavy atom. The number of hydrogen-bond acceptors (Lipinski definition) is 5. The summed E-state index contributed by atoms with van der Waals surface area (Å²) in [4.78, 5) is 19.2. The quantitative estimate of drug-likeness (QED) is 0.706. The van der Waals surface area contributed by atoms with Crippen LogP contribution in [0.5, 0.6) is 0 Å². The highest BCUT2D eigenvalue weighted by atomic mass is 32.1. The van der Waals surface area contributed by atoms with Crippen molar-refractivity contribution in [1.29, 1.82) is 0 Å². The molecular formula is C21H22N4OS. The van der Waals surface area contributed by atoms with Crippen LogP contribution in [0.4, 0.5) is 10.8 Å². The largest absolute Gasteiger partial charge is 0.355 e. The van der Waals surface area contributed by atoms with Crippen molar-refractivity contribution in [3.63, 3.8) is 0 Å². The molecule has 0 aliphatic carbocycles. The van der Waals surface area contributed by atoms with Crippen molar-refractivity contribution in [2.75, 3.05) is 18.4 Å². The van der Waals surface area contributed by atoms with Crippen LogP contribution >= 0.6 is 11.3 Å². The van der Waals surface area contributed by atoms with Gasteiger partial charge in [0, 0.05) is 43.2 Å².